The number of hydrogen-bond acceptors (Lipinski definition) is 9. The molecule has 17 heteroatoms. The average Bonchev–Trinajstić information content (AvgIpc) is 4.25. The molecule has 358 valence electrons. The van der Waals surface area contributed by atoms with Crippen molar-refractivity contribution in [3.8, 4) is 11.5 Å². The van der Waals surface area contributed by atoms with Gasteiger partial charge < -0.3 is 41.1 Å². The van der Waals surface area contributed by atoms with Crippen molar-refractivity contribution >= 4 is 79.1 Å². The Morgan fingerprint density at radius 1 is 0.620 bits per heavy atom. The van der Waals surface area contributed by atoms with E-state index in [-0.39, 0.29) is 42.2 Å². The standard InChI is InChI=1S/C38H37N7O4.C8H6N2O2.C8H8N2/c46-34(19-25-9-3-1-4-10-25)44-17-7-13-32(44)37(48)41-28-15-16-30-27(21-28)22-31(43-30)36-39-23-29(24-40-36)42-38(49)33-14-8-18-45(33)35(47)20-26-11-5-2-6-12-26;11-10(12)7-1-2-8-6(5-7)3-4-9-8;9-7-1-2-8-6(5-7)3-4-10-8/h1-6,9-12,15-16,21-24,32-33,43H,7-8,13-14,17-20H2,(H,41,48)(H,42,49);1-5,9H;1-5,10H,9H2/t32-,33-;;/m0../s1. The summed E-state index contributed by atoms with van der Waals surface area (Å²) in [6.45, 7) is 1.12. The van der Waals surface area contributed by atoms with E-state index >= 15 is 0 Å². The molecule has 17 nitrogen and oxygen atoms in total. The quantitative estimate of drug-likeness (QED) is 0.0435. The molecule has 0 spiro atoms. The second-order valence-corrected chi connectivity index (χ2v) is 17.4. The molecule has 71 heavy (non-hydrogen) atoms. The molecule has 0 radical (unpaired) electrons. The second-order valence-electron chi connectivity index (χ2n) is 17.4. The number of hydrogen-bond donors (Lipinski definition) is 6. The number of carbonyl (C=O) groups is 4. The number of nitrogens with one attached hydrogen (secondary N) is 5. The van der Waals surface area contributed by atoms with Gasteiger partial charge in [0.05, 0.1) is 41.5 Å². The first-order chi connectivity index (χ1) is 34.5. The maximum absolute atomic E-state index is 13.3. The maximum atomic E-state index is 13.3. The largest absolute Gasteiger partial charge is 0.399 e. The van der Waals surface area contributed by atoms with Crippen molar-refractivity contribution < 1.29 is 24.1 Å². The normalized spacial score (nSPS) is 15.2. The molecule has 4 aromatic heterocycles. The molecule has 0 bridgehead atoms. The minimum atomic E-state index is -0.536. The Morgan fingerprint density at radius 2 is 1.15 bits per heavy atom. The fourth-order valence-corrected chi connectivity index (χ4v) is 8.96. The zero-order chi connectivity index (χ0) is 49.3. The molecule has 0 saturated carbocycles. The second kappa shape index (κ2) is 21.5. The van der Waals surface area contributed by atoms with Crippen molar-refractivity contribution in [2.24, 2.45) is 0 Å². The Bertz CT molecular complexity index is 3330. The van der Waals surface area contributed by atoms with E-state index in [0.29, 0.717) is 48.8 Å². The lowest BCUT2D eigenvalue weighted by Gasteiger charge is -2.24. The number of anilines is 3. The smallest absolute Gasteiger partial charge is 0.270 e. The van der Waals surface area contributed by atoms with E-state index in [4.69, 9.17) is 5.73 Å². The number of aromatic nitrogens is 5. The lowest BCUT2D eigenvalue weighted by molar-refractivity contribution is -0.384. The Hall–Kier alpha value is -9.12. The van der Waals surface area contributed by atoms with E-state index in [0.717, 1.165) is 57.0 Å². The van der Waals surface area contributed by atoms with Crippen molar-refractivity contribution in [2.45, 2.75) is 50.6 Å². The number of nitrogens with zero attached hydrogens (tertiary/aromatic N) is 5. The zero-order valence-corrected chi connectivity index (χ0v) is 38.6. The topological polar surface area (TPSA) is 241 Å². The van der Waals surface area contributed by atoms with E-state index < -0.39 is 17.0 Å². The van der Waals surface area contributed by atoms with Gasteiger partial charge in [0.1, 0.15) is 12.1 Å². The van der Waals surface area contributed by atoms with Gasteiger partial charge in [0, 0.05) is 81.7 Å². The number of nitro benzene ring substituents is 1. The molecular weight excluding hydrogens is 899 g/mol. The highest BCUT2D eigenvalue weighted by molar-refractivity contribution is 6.00. The number of fused-ring (bicyclic) bond motifs is 3. The minimum absolute atomic E-state index is 0.0467. The van der Waals surface area contributed by atoms with Crippen LogP contribution in [0.25, 0.3) is 44.2 Å². The summed E-state index contributed by atoms with van der Waals surface area (Å²) in [7, 11) is 0. The van der Waals surface area contributed by atoms with Gasteiger partial charge in [-0.15, -0.1) is 0 Å². The Morgan fingerprint density at radius 3 is 1.73 bits per heavy atom. The number of nitrogen functional groups attached to an aromatic ring is 1. The molecule has 9 aromatic rings. The van der Waals surface area contributed by atoms with E-state index in [1.807, 2.05) is 121 Å². The van der Waals surface area contributed by atoms with Gasteiger partial charge in [-0.3, -0.25) is 29.3 Å². The van der Waals surface area contributed by atoms with Crippen molar-refractivity contribution in [1.29, 1.82) is 0 Å². The average molecular weight is 950 g/mol. The monoisotopic (exact) mass is 949 g/mol. The van der Waals surface area contributed by atoms with Crippen LogP contribution in [0.2, 0.25) is 0 Å². The van der Waals surface area contributed by atoms with Crippen LogP contribution < -0.4 is 16.4 Å². The number of rotatable bonds is 10. The number of amides is 4. The third-order valence-corrected chi connectivity index (χ3v) is 12.5. The first kappa shape index (κ1) is 47.0. The third kappa shape index (κ3) is 11.4. The van der Waals surface area contributed by atoms with E-state index in [1.54, 1.807) is 40.5 Å². The molecule has 2 aliphatic rings. The first-order valence-electron chi connectivity index (χ1n) is 23.3. The highest BCUT2D eigenvalue weighted by Gasteiger charge is 2.35. The predicted octanol–water partition coefficient (Wildman–Crippen LogP) is 8.80. The molecule has 0 unspecified atom stereocenters. The number of benzene rings is 5. The summed E-state index contributed by atoms with van der Waals surface area (Å²) < 4.78 is 0. The summed E-state index contributed by atoms with van der Waals surface area (Å²) in [5.74, 6) is -0.118. The molecule has 2 saturated heterocycles. The van der Waals surface area contributed by atoms with Gasteiger partial charge in [-0.25, -0.2) is 9.97 Å². The summed E-state index contributed by atoms with van der Waals surface area (Å²) in [4.78, 5) is 84.0. The lowest BCUT2D eigenvalue weighted by Crippen LogP contribution is -2.43. The van der Waals surface area contributed by atoms with Crippen LogP contribution in [0.5, 0.6) is 0 Å². The molecule has 5 aromatic carbocycles. The van der Waals surface area contributed by atoms with Crippen LogP contribution in [0.1, 0.15) is 36.8 Å². The third-order valence-electron chi connectivity index (χ3n) is 12.5. The SMILES string of the molecule is Nc1ccc2[nH]ccc2c1.O=C(Nc1cnc(-c2cc3cc(NC(=O)[C@@H]4CCCN4C(=O)Cc4ccccc4)ccc3[nH]2)nc1)[C@@H]1CCCN1C(=O)Cc1ccccc1.O=[N+]([O-])c1ccc2[nH]ccc2c1. The number of non-ortho nitro benzene ring substituents is 1. The van der Waals surface area contributed by atoms with Crippen LogP contribution in [0.4, 0.5) is 22.7 Å². The van der Waals surface area contributed by atoms with Crippen LogP contribution in [-0.2, 0) is 32.0 Å². The van der Waals surface area contributed by atoms with E-state index in [1.165, 1.54) is 11.5 Å². The van der Waals surface area contributed by atoms with Crippen LogP contribution in [0.15, 0.2) is 158 Å². The Balaban J connectivity index is 0.000000229. The highest BCUT2D eigenvalue weighted by atomic mass is 16.6. The summed E-state index contributed by atoms with van der Waals surface area (Å²) in [5.41, 5.74) is 13.0. The molecular formula is C54H51N11O6. The van der Waals surface area contributed by atoms with E-state index in [9.17, 15) is 29.3 Å². The summed E-state index contributed by atoms with van der Waals surface area (Å²) >= 11 is 0. The fourth-order valence-electron chi connectivity index (χ4n) is 8.96. The number of aromatic amines is 3. The first-order valence-corrected chi connectivity index (χ1v) is 23.3. The van der Waals surface area contributed by atoms with Gasteiger partial charge in [0.15, 0.2) is 5.82 Å². The number of nitro groups is 1. The zero-order valence-electron chi connectivity index (χ0n) is 38.6. The van der Waals surface area contributed by atoms with Gasteiger partial charge in [0.2, 0.25) is 23.6 Å². The predicted molar refractivity (Wildman–Crippen MR) is 274 cm³/mol. The van der Waals surface area contributed by atoms with E-state index in [2.05, 4.69) is 35.6 Å². The summed E-state index contributed by atoms with van der Waals surface area (Å²) in [6, 6.07) is 39.9. The van der Waals surface area contributed by atoms with Crippen molar-refractivity contribution in [3.63, 3.8) is 0 Å². The number of H-pyrrole nitrogens is 3. The maximum Gasteiger partial charge on any atom is 0.270 e. The van der Waals surface area contributed by atoms with Gasteiger partial charge in [0.25, 0.3) is 5.69 Å². The fraction of sp³-hybridized carbons (Fsp3) is 0.185. The minimum Gasteiger partial charge on any atom is -0.399 e. The molecule has 7 N–H and O–H groups in total. The molecule has 11 rings (SSSR count). The lowest BCUT2D eigenvalue weighted by atomic mass is 10.1. The van der Waals surface area contributed by atoms with Gasteiger partial charge in [-0.05, 0) is 97.5 Å². The summed E-state index contributed by atoms with van der Waals surface area (Å²) in [6.07, 6.45) is 10.1. The van der Waals surface area contributed by atoms with Gasteiger partial charge in [-0.2, -0.15) is 0 Å². The molecule has 2 aliphatic heterocycles. The Kier molecular flexibility index (Phi) is 14.2. The van der Waals surface area contributed by atoms with Crippen molar-refractivity contribution in [3.05, 3.63) is 179 Å². The van der Waals surface area contributed by atoms with Crippen LogP contribution in [0.3, 0.4) is 0 Å². The number of carbonyl (C=O) groups excluding carboxylic acids is 4. The van der Waals surface area contributed by atoms with Gasteiger partial charge in [-0.1, -0.05) is 60.7 Å². The summed E-state index contributed by atoms with van der Waals surface area (Å²) in [5, 5.41) is 19.1. The highest BCUT2D eigenvalue weighted by Crippen LogP contribution is 2.27. The molecule has 6 heterocycles. The van der Waals surface area contributed by atoms with Crippen molar-refractivity contribution in [2.75, 3.05) is 29.5 Å². The molecule has 4 amide bonds. The molecule has 2 atom stereocenters. The molecule has 0 aliphatic carbocycles. The van der Waals surface area contributed by atoms with Gasteiger partial charge >= 0.3 is 0 Å². The number of likely N-dealkylation sites (tertiary alicyclic amines) is 2. The van der Waals surface area contributed by atoms with Crippen LogP contribution >= 0.6 is 0 Å². The van der Waals surface area contributed by atoms with Crippen LogP contribution in [-0.4, -0.2) is 88.4 Å². The van der Waals surface area contributed by atoms with Crippen molar-refractivity contribution in [1.82, 2.24) is 34.7 Å². The molecule has 2 fully saturated rings. The Labute approximate surface area is 407 Å². The number of nitrogens with two attached hydrogens (primary N) is 1. The van der Waals surface area contributed by atoms with Crippen LogP contribution in [0, 0.1) is 10.1 Å².